The van der Waals surface area contributed by atoms with Crippen molar-refractivity contribution in [1.82, 2.24) is 10.2 Å². The molecule has 2 rings (SSSR count). The average molecular weight is 551 g/mol. The maximum atomic E-state index is 14.2. The van der Waals surface area contributed by atoms with Gasteiger partial charge in [-0.25, -0.2) is 14.0 Å². The van der Waals surface area contributed by atoms with Crippen molar-refractivity contribution in [3.8, 4) is 5.75 Å². The maximum Gasteiger partial charge on any atom is 0.353 e. The van der Waals surface area contributed by atoms with Crippen LogP contribution in [0.15, 0.2) is 30.3 Å². The Morgan fingerprint density at radius 2 is 1.87 bits per heavy atom. The molecule has 0 aliphatic heterocycles. The summed E-state index contributed by atoms with van der Waals surface area (Å²) < 4.78 is 19.4. The van der Waals surface area contributed by atoms with Gasteiger partial charge in [0.2, 0.25) is 5.91 Å². The molecule has 0 aliphatic carbocycles. The smallest absolute Gasteiger partial charge is 0.353 e. The van der Waals surface area contributed by atoms with Gasteiger partial charge in [0.05, 0.1) is 6.04 Å². The summed E-state index contributed by atoms with van der Waals surface area (Å²) in [4.78, 5) is 50.5. The van der Waals surface area contributed by atoms with Crippen LogP contribution >= 0.6 is 11.3 Å². The first kappa shape index (κ1) is 30.4. The van der Waals surface area contributed by atoms with Crippen LogP contribution < -0.4 is 15.8 Å². The topological polar surface area (TPSA) is 183 Å². The fraction of sp³-hybridized carbons (Fsp3) is 0.400. The normalized spacial score (nSPS) is 12.7. The number of halogens is 1. The predicted molar refractivity (Wildman–Crippen MR) is 138 cm³/mol. The molecule has 1 amide bonds. The number of aliphatic carboxylic acids is 2. The van der Waals surface area contributed by atoms with E-state index >= 15 is 0 Å². The number of ether oxygens (including phenoxy) is 1. The highest BCUT2D eigenvalue weighted by Crippen LogP contribution is 2.24. The molecule has 11 nitrogen and oxygen atoms in total. The number of likely N-dealkylation sites (N-methyl/N-ethyl adjacent to an activating group) is 1. The first-order valence-corrected chi connectivity index (χ1v) is 12.5. The molecule has 2 atom stereocenters. The molecule has 0 bridgehead atoms. The zero-order chi connectivity index (χ0) is 28.6. The summed E-state index contributed by atoms with van der Waals surface area (Å²) in [5, 5.41) is 28.0. The lowest BCUT2D eigenvalue weighted by molar-refractivity contribution is -0.144. The number of hydrogen-bond acceptors (Lipinski definition) is 8. The Morgan fingerprint density at radius 1 is 1.18 bits per heavy atom. The number of nitrogens with one attached hydrogen (secondary N) is 2. The molecule has 0 saturated carbocycles. The fourth-order valence-corrected chi connectivity index (χ4v) is 4.50. The van der Waals surface area contributed by atoms with Gasteiger partial charge in [0.1, 0.15) is 16.8 Å². The van der Waals surface area contributed by atoms with E-state index in [0.29, 0.717) is 11.3 Å². The van der Waals surface area contributed by atoms with E-state index in [1.54, 1.807) is 18.0 Å². The third-order valence-corrected chi connectivity index (χ3v) is 6.55. The van der Waals surface area contributed by atoms with Crippen LogP contribution in [-0.2, 0) is 20.9 Å². The second-order valence-corrected chi connectivity index (χ2v) is 10.3. The molecule has 13 heteroatoms. The lowest BCUT2D eigenvalue weighted by atomic mass is 10.0. The van der Waals surface area contributed by atoms with E-state index in [4.69, 9.17) is 21.0 Å². The quantitative estimate of drug-likeness (QED) is 0.102. The SMILES string of the molecule is CC(C)C[C@@H](C(=O)N[C@@H](CCC(=O)O)C(=O)O)N(C)Cc1ccc(C(=O)Oc2ccc(C(=N)N)cc2F)s1. The average Bonchev–Trinajstić information content (AvgIpc) is 3.29. The molecule has 1 aromatic carbocycles. The van der Waals surface area contributed by atoms with Crippen molar-refractivity contribution in [3.63, 3.8) is 0 Å². The minimum atomic E-state index is -1.34. The Kier molecular flexibility index (Phi) is 10.9. The molecule has 1 heterocycles. The number of carbonyl (C=O) groups is 4. The summed E-state index contributed by atoms with van der Waals surface area (Å²) in [6.45, 7) is 4.07. The maximum absolute atomic E-state index is 14.2. The van der Waals surface area contributed by atoms with E-state index in [9.17, 15) is 28.7 Å². The highest BCUT2D eigenvalue weighted by molar-refractivity contribution is 7.13. The van der Waals surface area contributed by atoms with Crippen molar-refractivity contribution in [1.29, 1.82) is 5.41 Å². The Morgan fingerprint density at radius 3 is 2.42 bits per heavy atom. The number of carbonyl (C=O) groups excluding carboxylic acids is 2. The summed E-state index contributed by atoms with van der Waals surface area (Å²) in [7, 11) is 1.68. The summed E-state index contributed by atoms with van der Waals surface area (Å²) in [5.74, 6) is -5.18. The third kappa shape index (κ3) is 8.92. The molecule has 0 spiro atoms. The van der Waals surface area contributed by atoms with Gasteiger partial charge >= 0.3 is 17.9 Å². The number of carboxylic acids is 2. The zero-order valence-corrected chi connectivity index (χ0v) is 22.0. The lowest BCUT2D eigenvalue weighted by Gasteiger charge is -2.29. The number of nitrogen functional groups attached to an aromatic ring is 1. The Labute approximate surface area is 222 Å². The number of thiophene rings is 1. The van der Waals surface area contributed by atoms with Crippen molar-refractivity contribution < 1.29 is 38.5 Å². The molecule has 206 valence electrons. The number of nitrogens with zero attached hydrogens (tertiary/aromatic N) is 1. The standard InChI is InChI=1S/C25H31FN4O7S/c1-13(2)10-18(23(33)29-17(24(34)35)6-9-21(31)32)30(3)12-15-5-8-20(38-15)25(36)37-19-7-4-14(22(27)28)11-16(19)26/h4-5,7-8,11,13,17-18H,6,9-10,12H2,1-3H3,(H3,27,28)(H,29,33)(H,31,32)(H,34,35)/t17-,18-/m0/s1. The van der Waals surface area contributed by atoms with Crippen LogP contribution in [0.25, 0.3) is 0 Å². The van der Waals surface area contributed by atoms with Crippen LogP contribution in [0, 0.1) is 17.1 Å². The summed E-state index contributed by atoms with van der Waals surface area (Å²) in [6, 6.07) is 4.70. The van der Waals surface area contributed by atoms with Crippen LogP contribution in [0.5, 0.6) is 5.75 Å². The highest BCUT2D eigenvalue weighted by atomic mass is 32.1. The van der Waals surface area contributed by atoms with Crippen molar-refractivity contribution in [2.45, 2.75) is 51.7 Å². The van der Waals surface area contributed by atoms with Gasteiger partial charge in [-0.3, -0.25) is 19.9 Å². The second-order valence-electron chi connectivity index (χ2n) is 9.11. The lowest BCUT2D eigenvalue weighted by Crippen LogP contribution is -2.51. The minimum absolute atomic E-state index is 0.0914. The molecule has 2 aromatic rings. The third-order valence-electron chi connectivity index (χ3n) is 5.50. The molecular formula is C25H31FN4O7S. The van der Waals surface area contributed by atoms with E-state index in [1.165, 1.54) is 18.2 Å². The molecular weight excluding hydrogens is 519 g/mol. The van der Waals surface area contributed by atoms with Gasteiger partial charge in [-0.05, 0) is 56.1 Å². The van der Waals surface area contributed by atoms with Gasteiger partial charge in [0.15, 0.2) is 11.6 Å². The van der Waals surface area contributed by atoms with Crippen molar-refractivity contribution in [2.24, 2.45) is 11.7 Å². The fourth-order valence-electron chi connectivity index (χ4n) is 3.56. The molecule has 1 aromatic heterocycles. The molecule has 0 radical (unpaired) electrons. The molecule has 38 heavy (non-hydrogen) atoms. The second kappa shape index (κ2) is 13.6. The molecule has 6 N–H and O–H groups in total. The number of amidine groups is 1. The Hall–Kier alpha value is -3.84. The first-order valence-electron chi connectivity index (χ1n) is 11.7. The largest absolute Gasteiger partial charge is 0.481 e. The van der Waals surface area contributed by atoms with Gasteiger partial charge in [-0.15, -0.1) is 11.3 Å². The number of amides is 1. The summed E-state index contributed by atoms with van der Waals surface area (Å²) >= 11 is 1.10. The Balaban J connectivity index is 2.10. The van der Waals surface area contributed by atoms with Gasteiger partial charge in [-0.2, -0.15) is 0 Å². The van der Waals surface area contributed by atoms with E-state index in [0.717, 1.165) is 17.4 Å². The number of hydrogen-bond donors (Lipinski definition) is 5. The molecule has 0 fully saturated rings. The van der Waals surface area contributed by atoms with Crippen LogP contribution in [0.4, 0.5) is 4.39 Å². The predicted octanol–water partition coefficient (Wildman–Crippen LogP) is 2.67. The summed E-state index contributed by atoms with van der Waals surface area (Å²) in [6.07, 6.45) is -0.243. The van der Waals surface area contributed by atoms with Gasteiger partial charge in [0.25, 0.3) is 0 Å². The number of carboxylic acid groups (broad SMARTS) is 2. The number of benzene rings is 1. The van der Waals surface area contributed by atoms with Crippen LogP contribution in [-0.4, -0.2) is 63.9 Å². The van der Waals surface area contributed by atoms with Gasteiger partial charge in [-0.1, -0.05) is 13.8 Å². The minimum Gasteiger partial charge on any atom is -0.481 e. The van der Waals surface area contributed by atoms with E-state index in [-0.39, 0.29) is 40.9 Å². The van der Waals surface area contributed by atoms with E-state index in [2.05, 4.69) is 5.32 Å². The first-order chi connectivity index (χ1) is 17.8. The highest BCUT2D eigenvalue weighted by Gasteiger charge is 2.29. The van der Waals surface area contributed by atoms with Crippen molar-refractivity contribution >= 4 is 41.0 Å². The van der Waals surface area contributed by atoms with Crippen LogP contribution in [0.1, 0.15) is 53.2 Å². The van der Waals surface area contributed by atoms with Crippen LogP contribution in [0.3, 0.4) is 0 Å². The molecule has 0 aliphatic rings. The Bertz CT molecular complexity index is 1200. The van der Waals surface area contributed by atoms with Gasteiger partial charge in [0, 0.05) is 23.4 Å². The number of nitrogens with two attached hydrogens (primary N) is 1. The number of esters is 1. The van der Waals surface area contributed by atoms with Crippen LogP contribution in [0.2, 0.25) is 0 Å². The summed E-state index contributed by atoms with van der Waals surface area (Å²) in [5.41, 5.74) is 5.48. The molecule has 0 saturated heterocycles. The van der Waals surface area contributed by atoms with E-state index in [1.807, 2.05) is 13.8 Å². The number of rotatable bonds is 14. The van der Waals surface area contributed by atoms with Crippen molar-refractivity contribution in [2.75, 3.05) is 7.05 Å². The monoisotopic (exact) mass is 550 g/mol. The van der Waals surface area contributed by atoms with Crippen molar-refractivity contribution in [3.05, 3.63) is 51.5 Å². The van der Waals surface area contributed by atoms with E-state index < -0.39 is 48.1 Å². The molecule has 0 unspecified atom stereocenters. The zero-order valence-electron chi connectivity index (χ0n) is 21.2. The van der Waals surface area contributed by atoms with Gasteiger partial charge < -0.3 is 26.0 Å².